The number of hydrogen-bond acceptors (Lipinski definition) is 3. The van der Waals surface area contributed by atoms with Gasteiger partial charge >= 0.3 is 0 Å². The minimum absolute atomic E-state index is 1.01. The quantitative estimate of drug-likeness (QED) is 0.276. The van der Waals surface area contributed by atoms with E-state index in [1.165, 1.54) is 0 Å². The Morgan fingerprint density at radius 1 is 1.42 bits per heavy atom. The van der Waals surface area contributed by atoms with E-state index in [-0.39, 0.29) is 0 Å². The first-order valence-corrected chi connectivity index (χ1v) is 5.16. The smallest absolute Gasteiger partial charge is 0.118 e. The summed E-state index contributed by atoms with van der Waals surface area (Å²) in [5.41, 5.74) is 0. The van der Waals surface area contributed by atoms with E-state index < -0.39 is 0 Å². The monoisotopic (exact) mass is 187 g/mol. The number of hydrazone groups is 1. The summed E-state index contributed by atoms with van der Waals surface area (Å²) in [7, 11) is 1.75. The predicted octanol–water partition coefficient (Wildman–Crippen LogP) is 2.40. The highest BCUT2D eigenvalue weighted by Crippen LogP contribution is 2.06. The van der Waals surface area contributed by atoms with Gasteiger partial charge in [0.2, 0.25) is 0 Å². The van der Waals surface area contributed by atoms with Gasteiger partial charge in [0.05, 0.1) is 0 Å². The summed E-state index contributed by atoms with van der Waals surface area (Å²) in [6.07, 6.45) is 5.81. The fourth-order valence-corrected chi connectivity index (χ4v) is 1.15. The molecule has 0 aliphatic heterocycles. The standard InChI is InChI=1S/C8H17N3S/c1-4-6-7-10-11(8-9-3)12-5-2/h7-8H,4-6H2,1-3H3. The van der Waals surface area contributed by atoms with Gasteiger partial charge in [-0.25, -0.2) is 0 Å². The molecule has 0 amide bonds. The third-order valence-electron chi connectivity index (χ3n) is 1.09. The molecule has 70 valence electrons. The molecule has 0 unspecified atom stereocenters. The van der Waals surface area contributed by atoms with Crippen LogP contribution in [0.4, 0.5) is 0 Å². The van der Waals surface area contributed by atoms with Gasteiger partial charge in [-0.1, -0.05) is 20.3 Å². The highest BCUT2D eigenvalue weighted by molar-refractivity contribution is 7.97. The maximum atomic E-state index is 4.21. The second-order valence-corrected chi connectivity index (χ2v) is 3.39. The average Bonchev–Trinajstić information content (AvgIpc) is 2.06. The van der Waals surface area contributed by atoms with Gasteiger partial charge in [0.15, 0.2) is 0 Å². The summed E-state index contributed by atoms with van der Waals surface area (Å²) in [5, 5.41) is 4.21. The topological polar surface area (TPSA) is 28.0 Å². The maximum Gasteiger partial charge on any atom is 0.118 e. The van der Waals surface area contributed by atoms with E-state index in [0.29, 0.717) is 0 Å². The second-order valence-electron chi connectivity index (χ2n) is 2.18. The molecule has 0 N–H and O–H groups in total. The average molecular weight is 187 g/mol. The van der Waals surface area contributed by atoms with Crippen molar-refractivity contribution in [3.8, 4) is 0 Å². The zero-order valence-corrected chi connectivity index (χ0v) is 8.84. The summed E-state index contributed by atoms with van der Waals surface area (Å²) in [6.45, 7) is 4.23. The molecule has 0 spiro atoms. The molecular formula is C8H17N3S. The van der Waals surface area contributed by atoms with Crippen LogP contribution in [-0.2, 0) is 0 Å². The Bertz CT molecular complexity index is 145. The van der Waals surface area contributed by atoms with E-state index in [1.807, 2.05) is 6.21 Å². The summed E-state index contributed by atoms with van der Waals surface area (Å²) in [5.74, 6) is 1.01. The molecule has 3 nitrogen and oxygen atoms in total. The van der Waals surface area contributed by atoms with Crippen LogP contribution in [0.15, 0.2) is 10.1 Å². The summed E-state index contributed by atoms with van der Waals surface area (Å²) in [6, 6.07) is 0. The Morgan fingerprint density at radius 2 is 2.17 bits per heavy atom. The van der Waals surface area contributed by atoms with Gasteiger partial charge in [0, 0.05) is 19.0 Å². The van der Waals surface area contributed by atoms with Crippen LogP contribution in [0.5, 0.6) is 0 Å². The summed E-state index contributed by atoms with van der Waals surface area (Å²) in [4.78, 5) is 3.90. The molecule has 0 aliphatic carbocycles. The lowest BCUT2D eigenvalue weighted by Gasteiger charge is -2.08. The third kappa shape index (κ3) is 6.22. The van der Waals surface area contributed by atoms with Crippen LogP contribution < -0.4 is 0 Å². The van der Waals surface area contributed by atoms with Gasteiger partial charge in [-0.3, -0.25) is 4.99 Å². The molecule has 4 heteroatoms. The third-order valence-corrected chi connectivity index (χ3v) is 1.80. The molecule has 0 aromatic rings. The van der Waals surface area contributed by atoms with Crippen LogP contribution in [0, 0.1) is 0 Å². The molecule has 0 rings (SSSR count). The first-order valence-electron chi connectivity index (χ1n) is 4.22. The van der Waals surface area contributed by atoms with E-state index >= 15 is 0 Å². The van der Waals surface area contributed by atoms with Crippen LogP contribution in [0.3, 0.4) is 0 Å². The van der Waals surface area contributed by atoms with Gasteiger partial charge in [-0.2, -0.15) is 9.52 Å². The molecular weight excluding hydrogens is 170 g/mol. The van der Waals surface area contributed by atoms with E-state index in [2.05, 4.69) is 23.9 Å². The highest BCUT2D eigenvalue weighted by atomic mass is 32.2. The van der Waals surface area contributed by atoms with E-state index in [1.54, 1.807) is 29.7 Å². The lowest BCUT2D eigenvalue weighted by molar-refractivity contribution is 0.755. The van der Waals surface area contributed by atoms with Gasteiger partial charge < -0.3 is 0 Å². The molecule has 0 fully saturated rings. The molecule has 0 radical (unpaired) electrons. The number of rotatable bonds is 6. The fourth-order valence-electron chi connectivity index (χ4n) is 0.595. The van der Waals surface area contributed by atoms with Crippen molar-refractivity contribution in [2.45, 2.75) is 26.7 Å². The zero-order valence-electron chi connectivity index (χ0n) is 8.03. The molecule has 12 heavy (non-hydrogen) atoms. The minimum Gasteiger partial charge on any atom is -0.276 e. The molecule has 0 aliphatic rings. The molecule has 0 bridgehead atoms. The molecule has 0 aromatic carbocycles. The Labute approximate surface area is 79.1 Å². The van der Waals surface area contributed by atoms with E-state index in [9.17, 15) is 0 Å². The zero-order chi connectivity index (χ0) is 9.23. The lowest BCUT2D eigenvalue weighted by atomic mass is 10.4. The van der Waals surface area contributed by atoms with Crippen LogP contribution in [-0.4, -0.2) is 29.8 Å². The van der Waals surface area contributed by atoms with E-state index in [4.69, 9.17) is 0 Å². The molecule has 0 aromatic heterocycles. The Hall–Kier alpha value is -0.510. The SMILES string of the molecule is CCCC=NN(C=NC)SCC. The Morgan fingerprint density at radius 3 is 2.67 bits per heavy atom. The van der Waals surface area contributed by atoms with Crippen LogP contribution in [0.25, 0.3) is 0 Å². The first kappa shape index (κ1) is 11.5. The molecule has 0 saturated heterocycles. The van der Waals surface area contributed by atoms with Crippen molar-refractivity contribution in [3.05, 3.63) is 0 Å². The van der Waals surface area contributed by atoms with Crippen molar-refractivity contribution in [2.75, 3.05) is 12.8 Å². The summed E-state index contributed by atoms with van der Waals surface area (Å²) < 4.78 is 1.79. The Balaban J connectivity index is 3.76. The Kier molecular flexibility index (Phi) is 8.22. The second kappa shape index (κ2) is 8.59. The summed E-state index contributed by atoms with van der Waals surface area (Å²) >= 11 is 1.64. The molecule has 0 atom stereocenters. The van der Waals surface area contributed by atoms with Crippen molar-refractivity contribution >= 4 is 24.5 Å². The van der Waals surface area contributed by atoms with Crippen LogP contribution in [0.1, 0.15) is 26.7 Å². The maximum absolute atomic E-state index is 4.21. The van der Waals surface area contributed by atoms with Crippen molar-refractivity contribution in [2.24, 2.45) is 10.1 Å². The van der Waals surface area contributed by atoms with Crippen molar-refractivity contribution in [1.82, 2.24) is 4.41 Å². The van der Waals surface area contributed by atoms with Gasteiger partial charge in [0.25, 0.3) is 0 Å². The van der Waals surface area contributed by atoms with Crippen molar-refractivity contribution in [3.63, 3.8) is 0 Å². The van der Waals surface area contributed by atoms with E-state index in [0.717, 1.165) is 18.6 Å². The first-order chi connectivity index (χ1) is 5.85. The minimum atomic E-state index is 1.01. The molecule has 0 saturated carbocycles. The number of nitrogens with zero attached hydrogens (tertiary/aromatic N) is 3. The van der Waals surface area contributed by atoms with Gasteiger partial charge in [0.1, 0.15) is 6.34 Å². The number of aliphatic imine (C=N–C) groups is 1. The van der Waals surface area contributed by atoms with Crippen LogP contribution >= 0.6 is 11.9 Å². The number of hydrogen-bond donors (Lipinski definition) is 0. The largest absolute Gasteiger partial charge is 0.276 e. The molecule has 0 heterocycles. The predicted molar refractivity (Wildman–Crippen MR) is 57.8 cm³/mol. The van der Waals surface area contributed by atoms with Gasteiger partial charge in [-0.15, -0.1) is 0 Å². The fraction of sp³-hybridized carbons (Fsp3) is 0.750. The number of unbranched alkanes of at least 4 members (excludes halogenated alkanes) is 1. The van der Waals surface area contributed by atoms with Crippen LogP contribution in [0.2, 0.25) is 0 Å². The van der Waals surface area contributed by atoms with Crippen molar-refractivity contribution in [1.29, 1.82) is 0 Å². The highest BCUT2D eigenvalue weighted by Gasteiger charge is 1.92. The normalized spacial score (nSPS) is 11.6. The lowest BCUT2D eigenvalue weighted by Crippen LogP contribution is -2.05. The van der Waals surface area contributed by atoms with Crippen molar-refractivity contribution < 1.29 is 0 Å². The van der Waals surface area contributed by atoms with Gasteiger partial charge in [-0.05, 0) is 18.4 Å².